The van der Waals surface area contributed by atoms with Crippen molar-refractivity contribution in [1.82, 2.24) is 0 Å². The van der Waals surface area contributed by atoms with E-state index in [1.807, 2.05) is 0 Å². The van der Waals surface area contributed by atoms with Crippen LogP contribution >= 0.6 is 0 Å². The van der Waals surface area contributed by atoms with E-state index in [4.69, 9.17) is 0 Å². The average Bonchev–Trinajstić information content (AvgIpc) is 1.52. The highest BCUT2D eigenvalue weighted by atomic mass is 28.3. The van der Waals surface area contributed by atoms with Gasteiger partial charge in [0, 0.05) is 34.1 Å². The van der Waals surface area contributed by atoms with E-state index < -0.39 is 27.0 Å². The minimum Gasteiger partial charge on any atom is -0.311 e. The van der Waals surface area contributed by atoms with E-state index in [1.54, 1.807) is 0 Å². The zero-order valence-electron chi connectivity index (χ0n) is 54.2. The van der Waals surface area contributed by atoms with Crippen LogP contribution in [0, 0.1) is 0 Å². The second-order valence-electron chi connectivity index (χ2n) is 27.8. The molecule has 19 rings (SSSR count). The number of fused-ring (bicyclic) bond motifs is 12. The maximum atomic E-state index is 2.59. The summed E-state index contributed by atoms with van der Waals surface area (Å²) in [5.41, 5.74) is 26.1. The molecule has 2 aliphatic carbocycles. The van der Waals surface area contributed by atoms with Crippen molar-refractivity contribution in [2.75, 3.05) is 9.80 Å². The Morgan fingerprint density at radius 1 is 0.229 bits per heavy atom. The van der Waals surface area contributed by atoms with E-state index >= 15 is 0 Å². The van der Waals surface area contributed by atoms with E-state index in [0.29, 0.717) is 0 Å². The summed E-state index contributed by atoms with van der Waals surface area (Å²) < 4.78 is 0. The summed E-state index contributed by atoms with van der Waals surface area (Å²) >= 11 is 0. The van der Waals surface area contributed by atoms with Crippen LogP contribution in [0.4, 0.5) is 34.1 Å². The Morgan fingerprint density at radius 3 is 0.844 bits per heavy atom. The van der Waals surface area contributed by atoms with Gasteiger partial charge in [-0.2, -0.15) is 0 Å². The standard InChI is InChI=1S/C92H68N2Si2/c1-95(2)85-45-25-21-41-81(85)93(82-42-22-26-46-86(82)95)67-51-55-73-75(59-67)89(61-49-53-71-69-37-17-19-39-77(69)91(79(71)57-61,63-29-9-5-10-30-63)64-31-11-6-12-32-64)74-56-52-68(94-83-43-23-27-47-87(83)96(3,4)88-48-28-24-44-84(88)94)60-76(74)90(73)62-50-54-72-70-38-18-20-40-78(70)92(80(72)58-62,65-33-13-7-14-34-65)66-35-15-8-16-36-66/h5-60H,1-4H3. The van der Waals surface area contributed by atoms with Crippen LogP contribution in [0.5, 0.6) is 0 Å². The van der Waals surface area contributed by atoms with E-state index in [-0.39, 0.29) is 0 Å². The van der Waals surface area contributed by atoms with Crippen LogP contribution in [0.3, 0.4) is 0 Å². The molecule has 0 unspecified atom stereocenters. The van der Waals surface area contributed by atoms with Crippen LogP contribution in [-0.2, 0) is 10.8 Å². The number of nitrogens with zero attached hydrogens (tertiary/aromatic N) is 2. The Labute approximate surface area is 564 Å². The first-order valence-corrected chi connectivity index (χ1v) is 39.9. The molecule has 0 radical (unpaired) electrons. The summed E-state index contributed by atoms with van der Waals surface area (Å²) in [7, 11) is -4.26. The summed E-state index contributed by atoms with van der Waals surface area (Å²) in [6.45, 7) is 10.1. The fraction of sp³-hybridized carbons (Fsp3) is 0.0652. The third-order valence-electron chi connectivity index (χ3n) is 22.4. The summed E-state index contributed by atoms with van der Waals surface area (Å²) in [5.74, 6) is 0. The van der Waals surface area contributed by atoms with Gasteiger partial charge >= 0.3 is 0 Å². The molecule has 0 spiro atoms. The van der Waals surface area contributed by atoms with Gasteiger partial charge in [0.15, 0.2) is 0 Å². The molecule has 0 saturated heterocycles. The van der Waals surface area contributed by atoms with Gasteiger partial charge in [-0.1, -0.05) is 305 Å². The molecule has 454 valence electrons. The highest BCUT2D eigenvalue weighted by molar-refractivity contribution is 7.03. The molecule has 2 heterocycles. The van der Waals surface area contributed by atoms with E-state index in [2.05, 4.69) is 376 Å². The normalized spacial score (nSPS) is 15.2. The Bertz CT molecular complexity index is 5150. The number of hydrogen-bond donors (Lipinski definition) is 0. The molecule has 96 heavy (non-hydrogen) atoms. The first-order chi connectivity index (χ1) is 47.2. The molecule has 2 aliphatic heterocycles. The Kier molecular flexibility index (Phi) is 12.4. The van der Waals surface area contributed by atoms with E-state index in [1.165, 1.54) is 154 Å². The topological polar surface area (TPSA) is 6.48 Å². The predicted molar refractivity (Wildman–Crippen MR) is 410 cm³/mol. The van der Waals surface area contributed by atoms with Gasteiger partial charge < -0.3 is 9.80 Å². The molecule has 0 N–H and O–H groups in total. The smallest absolute Gasteiger partial charge is 0.117 e. The minimum atomic E-state index is -2.13. The Hall–Kier alpha value is -11.1. The van der Waals surface area contributed by atoms with Crippen LogP contribution in [-0.4, -0.2) is 16.1 Å². The third kappa shape index (κ3) is 7.80. The maximum absolute atomic E-state index is 2.59. The lowest BCUT2D eigenvalue weighted by molar-refractivity contribution is 0.769. The van der Waals surface area contributed by atoms with E-state index in [9.17, 15) is 0 Å². The molecule has 2 nitrogen and oxygen atoms in total. The largest absolute Gasteiger partial charge is 0.311 e. The lowest BCUT2D eigenvalue weighted by Gasteiger charge is -2.41. The van der Waals surface area contributed by atoms with Gasteiger partial charge in [0.1, 0.15) is 16.1 Å². The van der Waals surface area contributed by atoms with Crippen LogP contribution in [0.25, 0.3) is 66.1 Å². The van der Waals surface area contributed by atoms with Crippen molar-refractivity contribution in [2.24, 2.45) is 0 Å². The van der Waals surface area contributed by atoms with Crippen molar-refractivity contribution in [1.29, 1.82) is 0 Å². The average molecular weight is 1260 g/mol. The fourth-order valence-electron chi connectivity index (χ4n) is 18.2. The fourth-order valence-corrected chi connectivity index (χ4v) is 24.2. The number of para-hydroxylation sites is 4. The Morgan fingerprint density at radius 2 is 0.510 bits per heavy atom. The van der Waals surface area contributed by atoms with Gasteiger partial charge in [-0.25, -0.2) is 0 Å². The molecule has 0 amide bonds. The molecule has 15 aromatic carbocycles. The van der Waals surface area contributed by atoms with Crippen LogP contribution in [0.2, 0.25) is 26.2 Å². The molecule has 4 aliphatic rings. The van der Waals surface area contributed by atoms with Crippen molar-refractivity contribution in [2.45, 2.75) is 37.0 Å². The van der Waals surface area contributed by atoms with Gasteiger partial charge in [0.2, 0.25) is 0 Å². The van der Waals surface area contributed by atoms with Gasteiger partial charge in [-0.05, 0) is 192 Å². The van der Waals surface area contributed by atoms with Crippen molar-refractivity contribution in [3.05, 3.63) is 384 Å². The number of hydrogen-bond acceptors (Lipinski definition) is 2. The first kappa shape index (κ1) is 56.4. The molecule has 0 atom stereocenters. The summed E-state index contributed by atoms with van der Waals surface area (Å²) in [6.07, 6.45) is 0. The Balaban J connectivity index is 0.964. The second kappa shape index (κ2) is 21.2. The zero-order valence-corrected chi connectivity index (χ0v) is 56.2. The molecule has 0 fully saturated rings. The molecular weight excluding hydrogens is 1190 g/mol. The van der Waals surface area contributed by atoms with Gasteiger partial charge in [-0.3, -0.25) is 0 Å². The molecule has 0 bridgehead atoms. The van der Waals surface area contributed by atoms with Crippen molar-refractivity contribution < 1.29 is 0 Å². The lowest BCUT2D eigenvalue weighted by atomic mass is 9.67. The molecular formula is C92H68N2Si2. The number of anilines is 6. The van der Waals surface area contributed by atoms with Crippen molar-refractivity contribution in [3.8, 4) is 44.5 Å². The molecule has 15 aromatic rings. The quantitative estimate of drug-likeness (QED) is 0.111. The van der Waals surface area contributed by atoms with Crippen molar-refractivity contribution in [3.63, 3.8) is 0 Å². The molecule has 4 heteroatoms. The monoisotopic (exact) mass is 1260 g/mol. The zero-order chi connectivity index (χ0) is 64.1. The lowest BCUT2D eigenvalue weighted by Crippen LogP contribution is -2.58. The van der Waals surface area contributed by atoms with Crippen LogP contribution in [0.1, 0.15) is 44.5 Å². The summed E-state index contributed by atoms with van der Waals surface area (Å²) in [5, 5.41) is 10.6. The van der Waals surface area contributed by atoms with Crippen LogP contribution < -0.4 is 30.5 Å². The highest BCUT2D eigenvalue weighted by Gasteiger charge is 2.49. The van der Waals surface area contributed by atoms with Gasteiger partial charge in [0.05, 0.1) is 10.8 Å². The van der Waals surface area contributed by atoms with Gasteiger partial charge in [0.25, 0.3) is 0 Å². The third-order valence-corrected chi connectivity index (χ3v) is 29.4. The highest BCUT2D eigenvalue weighted by Crippen LogP contribution is 2.60. The minimum absolute atomic E-state index is 0.607. The SMILES string of the molecule is C[Si]1(C)c2ccccc2N(c2ccc3c(-c4ccc5c(c4)C(c4ccccc4)(c4ccccc4)c4ccccc4-5)c4cc(N5c6ccccc6[Si](C)(C)c6ccccc65)ccc4c(-c4ccc5c(c4)C(c4ccccc4)(c4ccccc4)c4ccccc4-5)c3c2)c2ccccc21. The number of rotatable bonds is 8. The molecule has 0 saturated carbocycles. The van der Waals surface area contributed by atoms with Gasteiger partial charge in [-0.15, -0.1) is 0 Å². The van der Waals surface area contributed by atoms with E-state index in [0.717, 1.165) is 11.4 Å². The second-order valence-corrected chi connectivity index (χ2v) is 36.4. The first-order valence-electron chi connectivity index (χ1n) is 33.9. The maximum Gasteiger partial charge on any atom is 0.117 e. The number of benzene rings is 15. The predicted octanol–water partition coefficient (Wildman–Crippen LogP) is 21.3. The molecule has 0 aromatic heterocycles. The summed E-state index contributed by atoms with van der Waals surface area (Å²) in [6, 6.07) is 130. The summed E-state index contributed by atoms with van der Waals surface area (Å²) in [4.78, 5) is 5.15. The van der Waals surface area contributed by atoms with Crippen molar-refractivity contribution >= 4 is 92.6 Å². The van der Waals surface area contributed by atoms with Crippen LogP contribution in [0.15, 0.2) is 340 Å².